The third kappa shape index (κ3) is 2.76. The molecule has 0 bridgehead atoms. The lowest BCUT2D eigenvalue weighted by molar-refractivity contribution is -0.116. The molecule has 0 saturated heterocycles. The van der Waals surface area contributed by atoms with Crippen LogP contribution < -0.4 is 5.32 Å². The van der Waals surface area contributed by atoms with Crippen molar-refractivity contribution < 1.29 is 9.59 Å². The minimum Gasteiger partial charge on any atom is -0.326 e. The molecule has 1 aliphatic heterocycles. The van der Waals surface area contributed by atoms with Crippen molar-refractivity contribution in [1.82, 2.24) is 0 Å². The highest BCUT2D eigenvalue weighted by Crippen LogP contribution is 2.25. The predicted octanol–water partition coefficient (Wildman–Crippen LogP) is 3.87. The standard InChI is InChI=1S/C17H14BrNO2/c1-10-8-12(2-5-14(10)18)17(21)13-3-6-15-11(9-13)4-7-16(20)19-15/h2-3,5-6,8-9H,4,7H2,1H3,(H,19,20). The number of halogens is 1. The first-order chi connectivity index (χ1) is 10.0. The van der Waals surface area contributed by atoms with E-state index in [4.69, 9.17) is 0 Å². The molecule has 106 valence electrons. The highest BCUT2D eigenvalue weighted by Gasteiger charge is 2.17. The molecule has 1 amide bonds. The van der Waals surface area contributed by atoms with Gasteiger partial charge in [0.15, 0.2) is 5.78 Å². The van der Waals surface area contributed by atoms with Crippen LogP contribution in [0.4, 0.5) is 5.69 Å². The fourth-order valence-corrected chi connectivity index (χ4v) is 2.72. The molecule has 2 aromatic rings. The zero-order valence-corrected chi connectivity index (χ0v) is 13.2. The molecule has 0 fully saturated rings. The molecule has 0 unspecified atom stereocenters. The number of fused-ring (bicyclic) bond motifs is 1. The van der Waals surface area contributed by atoms with E-state index in [9.17, 15) is 9.59 Å². The summed E-state index contributed by atoms with van der Waals surface area (Å²) in [6.07, 6.45) is 1.16. The Morgan fingerprint density at radius 3 is 2.57 bits per heavy atom. The first-order valence-electron chi connectivity index (χ1n) is 6.78. The summed E-state index contributed by atoms with van der Waals surface area (Å²) in [5, 5.41) is 2.83. The van der Waals surface area contributed by atoms with Gasteiger partial charge in [0.2, 0.25) is 5.91 Å². The van der Waals surface area contributed by atoms with Crippen LogP contribution in [-0.4, -0.2) is 11.7 Å². The van der Waals surface area contributed by atoms with E-state index in [-0.39, 0.29) is 11.7 Å². The Bertz CT molecular complexity index is 752. The summed E-state index contributed by atoms with van der Waals surface area (Å²) in [4.78, 5) is 23.9. The number of carbonyl (C=O) groups excluding carboxylic acids is 2. The van der Waals surface area contributed by atoms with E-state index in [1.165, 1.54) is 0 Å². The number of amides is 1. The lowest BCUT2D eigenvalue weighted by atomic mass is 9.96. The Balaban J connectivity index is 1.95. The van der Waals surface area contributed by atoms with Gasteiger partial charge in [-0.1, -0.05) is 15.9 Å². The Morgan fingerprint density at radius 2 is 1.81 bits per heavy atom. The number of nitrogens with one attached hydrogen (secondary N) is 1. The van der Waals surface area contributed by atoms with Gasteiger partial charge in [0.25, 0.3) is 0 Å². The maximum atomic E-state index is 12.6. The van der Waals surface area contributed by atoms with Crippen molar-refractivity contribution in [1.29, 1.82) is 0 Å². The number of ketones is 1. The minimum atomic E-state index is 0.00491. The molecule has 1 aliphatic rings. The van der Waals surface area contributed by atoms with Crippen LogP contribution in [0.25, 0.3) is 0 Å². The summed E-state index contributed by atoms with van der Waals surface area (Å²) in [6.45, 7) is 1.96. The Hall–Kier alpha value is -1.94. The van der Waals surface area contributed by atoms with Gasteiger partial charge in [-0.05, 0) is 60.9 Å². The summed E-state index contributed by atoms with van der Waals surface area (Å²) < 4.78 is 0.993. The topological polar surface area (TPSA) is 46.2 Å². The SMILES string of the molecule is Cc1cc(C(=O)c2ccc3c(c2)CCC(=O)N3)ccc1Br. The number of aryl methyl sites for hydroxylation is 2. The fraction of sp³-hybridized carbons (Fsp3) is 0.176. The molecular weight excluding hydrogens is 330 g/mol. The van der Waals surface area contributed by atoms with E-state index in [1.54, 1.807) is 6.07 Å². The zero-order chi connectivity index (χ0) is 15.0. The van der Waals surface area contributed by atoms with Crippen molar-refractivity contribution >= 4 is 33.3 Å². The molecule has 0 aromatic heterocycles. The lowest BCUT2D eigenvalue weighted by Gasteiger charge is -2.17. The second-order valence-corrected chi connectivity index (χ2v) is 6.07. The van der Waals surface area contributed by atoms with Crippen LogP contribution in [0.1, 0.15) is 33.5 Å². The van der Waals surface area contributed by atoms with Crippen molar-refractivity contribution in [3.63, 3.8) is 0 Å². The number of rotatable bonds is 2. The summed E-state index contributed by atoms with van der Waals surface area (Å²) in [5.41, 5.74) is 4.21. The van der Waals surface area contributed by atoms with E-state index in [0.717, 1.165) is 21.3 Å². The second kappa shape index (κ2) is 5.45. The van der Waals surface area contributed by atoms with Crippen LogP contribution >= 0.6 is 15.9 Å². The van der Waals surface area contributed by atoms with Crippen molar-refractivity contribution in [3.8, 4) is 0 Å². The molecule has 0 saturated carbocycles. The van der Waals surface area contributed by atoms with Crippen molar-refractivity contribution in [2.24, 2.45) is 0 Å². The van der Waals surface area contributed by atoms with E-state index in [2.05, 4.69) is 21.2 Å². The molecule has 2 aromatic carbocycles. The normalized spacial score (nSPS) is 13.5. The molecule has 1 heterocycles. The van der Waals surface area contributed by atoms with Gasteiger partial charge in [-0.2, -0.15) is 0 Å². The minimum absolute atomic E-state index is 0.00491. The first kappa shape index (κ1) is 14.0. The third-order valence-corrected chi connectivity index (χ3v) is 4.57. The average Bonchev–Trinajstić information content (AvgIpc) is 2.49. The van der Waals surface area contributed by atoms with Crippen LogP contribution in [0, 0.1) is 6.92 Å². The highest BCUT2D eigenvalue weighted by molar-refractivity contribution is 9.10. The van der Waals surface area contributed by atoms with E-state index < -0.39 is 0 Å². The van der Waals surface area contributed by atoms with Crippen LogP contribution in [0.5, 0.6) is 0 Å². The summed E-state index contributed by atoms with van der Waals surface area (Å²) >= 11 is 3.44. The number of benzene rings is 2. The highest BCUT2D eigenvalue weighted by atomic mass is 79.9. The van der Waals surface area contributed by atoms with Crippen molar-refractivity contribution in [2.45, 2.75) is 19.8 Å². The zero-order valence-electron chi connectivity index (χ0n) is 11.6. The van der Waals surface area contributed by atoms with Gasteiger partial charge < -0.3 is 5.32 Å². The lowest BCUT2D eigenvalue weighted by Crippen LogP contribution is -2.19. The Labute approximate surface area is 131 Å². The maximum Gasteiger partial charge on any atom is 0.224 e. The van der Waals surface area contributed by atoms with Crippen LogP contribution in [-0.2, 0) is 11.2 Å². The van der Waals surface area contributed by atoms with Crippen LogP contribution in [0.15, 0.2) is 40.9 Å². The second-order valence-electron chi connectivity index (χ2n) is 5.21. The summed E-state index contributed by atoms with van der Waals surface area (Å²) in [7, 11) is 0. The molecule has 0 spiro atoms. The van der Waals surface area contributed by atoms with E-state index >= 15 is 0 Å². The number of anilines is 1. The monoisotopic (exact) mass is 343 g/mol. The Morgan fingerprint density at radius 1 is 1.10 bits per heavy atom. The number of hydrogen-bond acceptors (Lipinski definition) is 2. The number of hydrogen-bond donors (Lipinski definition) is 1. The van der Waals surface area contributed by atoms with Crippen molar-refractivity contribution in [3.05, 3.63) is 63.1 Å². The van der Waals surface area contributed by atoms with Gasteiger partial charge in [-0.15, -0.1) is 0 Å². The average molecular weight is 344 g/mol. The molecule has 0 radical (unpaired) electrons. The number of carbonyl (C=O) groups is 2. The summed E-state index contributed by atoms with van der Waals surface area (Å²) in [5.74, 6) is 0.0374. The Kier molecular flexibility index (Phi) is 3.64. The van der Waals surface area contributed by atoms with E-state index in [1.807, 2.05) is 37.3 Å². The van der Waals surface area contributed by atoms with Crippen LogP contribution in [0.3, 0.4) is 0 Å². The van der Waals surface area contributed by atoms with E-state index in [0.29, 0.717) is 24.0 Å². The third-order valence-electron chi connectivity index (χ3n) is 3.68. The molecule has 4 heteroatoms. The van der Waals surface area contributed by atoms with Gasteiger partial charge in [0.05, 0.1) is 0 Å². The summed E-state index contributed by atoms with van der Waals surface area (Å²) in [6, 6.07) is 11.1. The van der Waals surface area contributed by atoms with Crippen molar-refractivity contribution in [2.75, 3.05) is 5.32 Å². The van der Waals surface area contributed by atoms with Gasteiger partial charge in [0.1, 0.15) is 0 Å². The first-order valence-corrected chi connectivity index (χ1v) is 7.57. The molecule has 0 aliphatic carbocycles. The molecule has 3 rings (SSSR count). The maximum absolute atomic E-state index is 12.6. The molecule has 1 N–H and O–H groups in total. The smallest absolute Gasteiger partial charge is 0.224 e. The molecule has 3 nitrogen and oxygen atoms in total. The molecule has 0 atom stereocenters. The van der Waals surface area contributed by atoms with Gasteiger partial charge in [-0.25, -0.2) is 0 Å². The largest absolute Gasteiger partial charge is 0.326 e. The van der Waals surface area contributed by atoms with Crippen LogP contribution in [0.2, 0.25) is 0 Å². The van der Waals surface area contributed by atoms with Gasteiger partial charge in [0, 0.05) is 27.7 Å². The van der Waals surface area contributed by atoms with Gasteiger partial charge >= 0.3 is 0 Å². The molecular formula is C17H14BrNO2. The molecule has 21 heavy (non-hydrogen) atoms. The quantitative estimate of drug-likeness (QED) is 0.841. The fourth-order valence-electron chi connectivity index (χ4n) is 2.48. The van der Waals surface area contributed by atoms with Gasteiger partial charge in [-0.3, -0.25) is 9.59 Å². The predicted molar refractivity (Wildman–Crippen MR) is 85.7 cm³/mol.